The lowest BCUT2D eigenvalue weighted by atomic mass is 10.1. The lowest BCUT2D eigenvalue weighted by Gasteiger charge is -2.15. The van der Waals surface area contributed by atoms with Gasteiger partial charge in [0.05, 0.1) is 27.2 Å². The molecule has 0 unspecified atom stereocenters. The Hall–Kier alpha value is -3.11. The normalized spacial score (nSPS) is 10.9. The van der Waals surface area contributed by atoms with E-state index in [2.05, 4.69) is 4.98 Å². The fourth-order valence-corrected chi connectivity index (χ4v) is 3.05. The van der Waals surface area contributed by atoms with Crippen molar-refractivity contribution < 1.29 is 5.11 Å². The van der Waals surface area contributed by atoms with Gasteiger partial charge in [0, 0.05) is 0 Å². The van der Waals surface area contributed by atoms with Crippen LogP contribution in [0.25, 0.3) is 28.0 Å². The number of para-hydroxylation sites is 3. The highest BCUT2D eigenvalue weighted by Gasteiger charge is 2.17. The number of aromatic hydroxyl groups is 1. The molecule has 0 saturated carbocycles. The van der Waals surface area contributed by atoms with Gasteiger partial charge in [-0.1, -0.05) is 48.0 Å². The molecule has 1 N–H and O–H groups in total. The molecule has 1 aromatic heterocycles. The first-order chi connectivity index (χ1) is 12.2. The van der Waals surface area contributed by atoms with E-state index in [-0.39, 0.29) is 11.3 Å². The summed E-state index contributed by atoms with van der Waals surface area (Å²) in [5, 5.41) is 11.2. The van der Waals surface area contributed by atoms with E-state index in [1.165, 1.54) is 4.57 Å². The summed E-state index contributed by atoms with van der Waals surface area (Å²) < 4.78 is 1.44. The zero-order chi connectivity index (χ0) is 17.4. The predicted molar refractivity (Wildman–Crippen MR) is 99.5 cm³/mol. The number of hydrogen-bond donors (Lipinski definition) is 1. The van der Waals surface area contributed by atoms with E-state index in [1.807, 2.05) is 6.07 Å². The molecule has 4 rings (SSSR count). The summed E-state index contributed by atoms with van der Waals surface area (Å²) in [5.74, 6) is 0.389. The summed E-state index contributed by atoms with van der Waals surface area (Å²) in [5.41, 5.74) is 1.31. The Morgan fingerprint density at radius 3 is 2.36 bits per heavy atom. The molecule has 0 aliphatic heterocycles. The first-order valence-electron chi connectivity index (χ1n) is 7.72. The maximum absolute atomic E-state index is 13.2. The van der Waals surface area contributed by atoms with Crippen molar-refractivity contribution in [2.45, 2.75) is 0 Å². The van der Waals surface area contributed by atoms with Crippen molar-refractivity contribution in [3.8, 4) is 22.8 Å². The number of aromatic nitrogens is 2. The average molecular weight is 349 g/mol. The molecule has 4 nitrogen and oxygen atoms in total. The Labute approximate surface area is 148 Å². The molecule has 0 spiro atoms. The van der Waals surface area contributed by atoms with E-state index in [1.54, 1.807) is 66.7 Å². The van der Waals surface area contributed by atoms with Gasteiger partial charge in [0.1, 0.15) is 5.75 Å². The number of fused-ring (bicyclic) bond motifs is 1. The highest BCUT2D eigenvalue weighted by molar-refractivity contribution is 6.32. The van der Waals surface area contributed by atoms with Crippen LogP contribution in [-0.4, -0.2) is 14.7 Å². The van der Waals surface area contributed by atoms with Gasteiger partial charge in [0.25, 0.3) is 5.56 Å². The van der Waals surface area contributed by atoms with Crippen LogP contribution in [0.15, 0.2) is 77.6 Å². The van der Waals surface area contributed by atoms with Crippen LogP contribution in [0.5, 0.6) is 5.75 Å². The van der Waals surface area contributed by atoms with Gasteiger partial charge in [-0.3, -0.25) is 9.36 Å². The van der Waals surface area contributed by atoms with Crippen molar-refractivity contribution in [3.05, 3.63) is 88.2 Å². The van der Waals surface area contributed by atoms with Crippen molar-refractivity contribution in [2.24, 2.45) is 0 Å². The highest BCUT2D eigenvalue weighted by Crippen LogP contribution is 2.30. The molecule has 0 saturated heterocycles. The molecule has 5 heteroatoms. The van der Waals surface area contributed by atoms with Crippen LogP contribution < -0.4 is 5.56 Å². The van der Waals surface area contributed by atoms with Gasteiger partial charge < -0.3 is 5.11 Å². The molecule has 122 valence electrons. The van der Waals surface area contributed by atoms with Crippen molar-refractivity contribution in [1.29, 1.82) is 0 Å². The number of phenols is 1. The van der Waals surface area contributed by atoms with E-state index in [9.17, 15) is 9.90 Å². The molecule has 0 fully saturated rings. The van der Waals surface area contributed by atoms with Gasteiger partial charge in [-0.25, -0.2) is 4.98 Å². The largest absolute Gasteiger partial charge is 0.507 e. The predicted octanol–water partition coefficient (Wildman–Crippen LogP) is 4.41. The quantitative estimate of drug-likeness (QED) is 0.583. The third-order valence-electron chi connectivity index (χ3n) is 4.01. The summed E-state index contributed by atoms with van der Waals surface area (Å²) in [7, 11) is 0. The molecule has 1 heterocycles. The Balaban J connectivity index is 2.18. The molecule has 0 atom stereocenters. The molecule has 0 aliphatic carbocycles. The third-order valence-corrected chi connectivity index (χ3v) is 4.33. The number of rotatable bonds is 2. The maximum atomic E-state index is 13.2. The topological polar surface area (TPSA) is 55.1 Å². The zero-order valence-electron chi connectivity index (χ0n) is 13.1. The molecular formula is C20H13ClN2O2. The smallest absolute Gasteiger partial charge is 0.266 e. The first-order valence-corrected chi connectivity index (χ1v) is 8.09. The van der Waals surface area contributed by atoms with Crippen molar-refractivity contribution in [1.82, 2.24) is 9.55 Å². The van der Waals surface area contributed by atoms with Gasteiger partial charge in [-0.15, -0.1) is 0 Å². The van der Waals surface area contributed by atoms with Gasteiger partial charge in [-0.05, 0) is 36.4 Å². The van der Waals surface area contributed by atoms with Crippen molar-refractivity contribution in [2.75, 3.05) is 0 Å². The Morgan fingerprint density at radius 1 is 0.880 bits per heavy atom. The van der Waals surface area contributed by atoms with Gasteiger partial charge in [-0.2, -0.15) is 0 Å². The standard InChI is InChI=1S/C20H13ClN2O2/c21-15-9-3-5-11-17(15)23-19(14-8-2-6-12-18(14)24)22-16-10-4-1-7-13(16)20(23)25/h1-12,24H. The van der Waals surface area contributed by atoms with E-state index >= 15 is 0 Å². The summed E-state index contributed by atoms with van der Waals surface area (Å²) in [4.78, 5) is 17.8. The number of phenolic OH excluding ortho intramolecular Hbond substituents is 1. The molecule has 3 aromatic carbocycles. The minimum Gasteiger partial charge on any atom is -0.507 e. The van der Waals surface area contributed by atoms with E-state index in [0.29, 0.717) is 33.0 Å². The molecule has 0 amide bonds. The molecule has 0 bridgehead atoms. The van der Waals surface area contributed by atoms with Gasteiger partial charge in [0.2, 0.25) is 0 Å². The Bertz CT molecular complexity index is 1150. The summed E-state index contributed by atoms with van der Waals surface area (Å²) in [6.45, 7) is 0. The van der Waals surface area contributed by atoms with Crippen LogP contribution in [0, 0.1) is 0 Å². The number of halogens is 1. The zero-order valence-corrected chi connectivity index (χ0v) is 13.8. The van der Waals surface area contributed by atoms with Crippen LogP contribution in [0.2, 0.25) is 5.02 Å². The van der Waals surface area contributed by atoms with E-state index in [0.717, 1.165) is 0 Å². The number of benzene rings is 3. The Kier molecular flexibility index (Phi) is 3.75. The monoisotopic (exact) mass is 348 g/mol. The second kappa shape index (κ2) is 6.07. The fourth-order valence-electron chi connectivity index (χ4n) is 2.83. The number of nitrogens with zero attached hydrogens (tertiary/aromatic N) is 2. The summed E-state index contributed by atoms with van der Waals surface area (Å²) in [6, 6.07) is 21.0. The molecular weight excluding hydrogens is 336 g/mol. The van der Waals surface area contributed by atoms with Gasteiger partial charge in [0.15, 0.2) is 5.82 Å². The SMILES string of the molecule is O=c1c2ccccc2nc(-c2ccccc2O)n1-c1ccccc1Cl. The lowest BCUT2D eigenvalue weighted by molar-refractivity contribution is 0.476. The van der Waals surface area contributed by atoms with Crippen molar-refractivity contribution >= 4 is 22.5 Å². The van der Waals surface area contributed by atoms with Crippen LogP contribution in [0.1, 0.15) is 0 Å². The minimum atomic E-state index is -0.239. The molecule has 0 radical (unpaired) electrons. The highest BCUT2D eigenvalue weighted by atomic mass is 35.5. The van der Waals surface area contributed by atoms with Crippen molar-refractivity contribution in [3.63, 3.8) is 0 Å². The first kappa shape index (κ1) is 15.4. The van der Waals surface area contributed by atoms with Crippen LogP contribution >= 0.6 is 11.6 Å². The Morgan fingerprint density at radius 2 is 1.56 bits per heavy atom. The fraction of sp³-hybridized carbons (Fsp3) is 0. The maximum Gasteiger partial charge on any atom is 0.266 e. The second-order valence-corrected chi connectivity index (χ2v) is 5.97. The van der Waals surface area contributed by atoms with E-state index < -0.39 is 0 Å². The molecule has 0 aliphatic rings. The lowest BCUT2D eigenvalue weighted by Crippen LogP contribution is -2.22. The van der Waals surface area contributed by atoms with Crippen LogP contribution in [0.3, 0.4) is 0 Å². The molecule has 25 heavy (non-hydrogen) atoms. The van der Waals surface area contributed by atoms with E-state index in [4.69, 9.17) is 11.6 Å². The second-order valence-electron chi connectivity index (χ2n) is 5.56. The number of hydrogen-bond acceptors (Lipinski definition) is 3. The molecule has 4 aromatic rings. The van der Waals surface area contributed by atoms with Crippen LogP contribution in [0.4, 0.5) is 0 Å². The third kappa shape index (κ3) is 2.57. The minimum absolute atomic E-state index is 0.0467. The average Bonchev–Trinajstić information content (AvgIpc) is 2.63. The summed E-state index contributed by atoms with van der Waals surface area (Å²) >= 11 is 6.33. The van der Waals surface area contributed by atoms with Gasteiger partial charge >= 0.3 is 0 Å². The van der Waals surface area contributed by atoms with Crippen LogP contribution in [-0.2, 0) is 0 Å². The summed E-state index contributed by atoms with van der Waals surface area (Å²) in [6.07, 6.45) is 0.